The van der Waals surface area contributed by atoms with Gasteiger partial charge in [-0.15, -0.1) is 0 Å². The van der Waals surface area contributed by atoms with Gasteiger partial charge in [-0.05, 0) is 89.4 Å². The minimum absolute atomic E-state index is 0.0991. The Morgan fingerprint density at radius 2 is 1.97 bits per heavy atom. The SMILES string of the molecule is COC(=O)N1c2ccc3c(nc(Cc4cccc(OC(C)C)c4)n3C3CCNCC3)c2CC[C@@H]1C. The first-order chi connectivity index (χ1) is 17.0. The second-order valence-electron chi connectivity index (χ2n) is 10.0. The van der Waals surface area contributed by atoms with Gasteiger partial charge in [0.25, 0.3) is 0 Å². The molecule has 0 saturated carbocycles. The number of carbonyl (C=O) groups excluding carboxylic acids is 1. The van der Waals surface area contributed by atoms with Crippen molar-refractivity contribution >= 4 is 22.8 Å². The Labute approximate surface area is 207 Å². The van der Waals surface area contributed by atoms with Crippen LogP contribution in [-0.2, 0) is 17.6 Å². The maximum atomic E-state index is 12.6. The van der Waals surface area contributed by atoms with E-state index in [0.717, 1.165) is 73.5 Å². The Bertz CT molecular complexity index is 1210. The number of aromatic nitrogens is 2. The summed E-state index contributed by atoms with van der Waals surface area (Å²) in [5.74, 6) is 1.97. The fraction of sp³-hybridized carbons (Fsp3) is 0.500. The molecule has 0 radical (unpaired) electrons. The predicted molar refractivity (Wildman–Crippen MR) is 139 cm³/mol. The molecule has 1 N–H and O–H groups in total. The number of rotatable bonds is 5. The molecule has 5 rings (SSSR count). The first-order valence-corrected chi connectivity index (χ1v) is 12.8. The van der Waals surface area contributed by atoms with Crippen molar-refractivity contribution in [3.8, 4) is 5.75 Å². The van der Waals surface area contributed by atoms with Gasteiger partial charge in [0, 0.05) is 24.1 Å². The lowest BCUT2D eigenvalue weighted by Crippen LogP contribution is -2.42. The number of amides is 1. The van der Waals surface area contributed by atoms with E-state index < -0.39 is 0 Å². The van der Waals surface area contributed by atoms with Crippen LogP contribution in [0.1, 0.15) is 63.0 Å². The van der Waals surface area contributed by atoms with Gasteiger partial charge >= 0.3 is 6.09 Å². The van der Waals surface area contributed by atoms with Crippen LogP contribution in [0.2, 0.25) is 0 Å². The van der Waals surface area contributed by atoms with Gasteiger partial charge in [-0.2, -0.15) is 0 Å². The molecule has 1 amide bonds. The predicted octanol–water partition coefficient (Wildman–Crippen LogP) is 5.25. The zero-order valence-electron chi connectivity index (χ0n) is 21.2. The third kappa shape index (κ3) is 4.61. The summed E-state index contributed by atoms with van der Waals surface area (Å²) in [4.78, 5) is 19.6. The first-order valence-electron chi connectivity index (χ1n) is 12.8. The second-order valence-corrected chi connectivity index (χ2v) is 10.0. The molecule has 35 heavy (non-hydrogen) atoms. The Balaban J connectivity index is 1.61. The van der Waals surface area contributed by atoms with E-state index in [-0.39, 0.29) is 18.2 Å². The number of benzene rings is 2. The van der Waals surface area contributed by atoms with Crippen LogP contribution in [-0.4, -0.2) is 48.0 Å². The second kappa shape index (κ2) is 9.90. The molecule has 0 spiro atoms. The molecule has 2 aliphatic rings. The molecule has 3 heterocycles. The third-order valence-electron chi connectivity index (χ3n) is 7.21. The zero-order chi connectivity index (χ0) is 24.5. The normalized spacial score (nSPS) is 18.7. The lowest BCUT2D eigenvalue weighted by molar-refractivity contribution is 0.175. The van der Waals surface area contributed by atoms with Gasteiger partial charge in [0.1, 0.15) is 11.6 Å². The first kappa shape index (κ1) is 23.7. The fourth-order valence-electron chi connectivity index (χ4n) is 5.60. The van der Waals surface area contributed by atoms with Crippen molar-refractivity contribution in [2.24, 2.45) is 0 Å². The molecule has 1 saturated heterocycles. The van der Waals surface area contributed by atoms with Crippen LogP contribution in [0.4, 0.5) is 10.5 Å². The zero-order valence-corrected chi connectivity index (χ0v) is 21.2. The van der Waals surface area contributed by atoms with Gasteiger partial charge in [0.05, 0.1) is 29.9 Å². The largest absolute Gasteiger partial charge is 0.491 e. The summed E-state index contributed by atoms with van der Waals surface area (Å²) < 4.78 is 13.5. The highest BCUT2D eigenvalue weighted by atomic mass is 16.5. The summed E-state index contributed by atoms with van der Waals surface area (Å²) >= 11 is 0. The van der Waals surface area contributed by atoms with E-state index in [1.54, 1.807) is 4.90 Å². The molecule has 2 aliphatic heterocycles. The van der Waals surface area contributed by atoms with Crippen LogP contribution in [0, 0.1) is 0 Å². The minimum atomic E-state index is -0.308. The van der Waals surface area contributed by atoms with E-state index in [1.807, 2.05) is 19.9 Å². The average Bonchev–Trinajstić information content (AvgIpc) is 3.21. The highest BCUT2D eigenvalue weighted by Crippen LogP contribution is 2.38. The van der Waals surface area contributed by atoms with Gasteiger partial charge in [0.15, 0.2) is 0 Å². The molecule has 1 fully saturated rings. The Hall–Kier alpha value is -3.06. The number of aryl methyl sites for hydroxylation is 1. The number of hydrogen-bond acceptors (Lipinski definition) is 5. The molecule has 0 aliphatic carbocycles. The molecular formula is C28H36N4O3. The highest BCUT2D eigenvalue weighted by molar-refractivity contribution is 5.95. The van der Waals surface area contributed by atoms with Crippen molar-refractivity contribution in [3.05, 3.63) is 53.3 Å². The minimum Gasteiger partial charge on any atom is -0.491 e. The molecule has 1 atom stereocenters. The maximum absolute atomic E-state index is 12.6. The molecule has 3 aromatic rings. The summed E-state index contributed by atoms with van der Waals surface area (Å²) in [6.45, 7) is 8.20. The van der Waals surface area contributed by atoms with Crippen LogP contribution < -0.4 is 15.0 Å². The Kier molecular flexibility index (Phi) is 6.69. The summed E-state index contributed by atoms with van der Waals surface area (Å²) in [6, 6.07) is 13.1. The number of piperidine rings is 1. The molecular weight excluding hydrogens is 440 g/mol. The van der Waals surface area contributed by atoms with E-state index in [2.05, 4.69) is 47.1 Å². The number of nitrogens with one attached hydrogen (secondary N) is 1. The van der Waals surface area contributed by atoms with E-state index >= 15 is 0 Å². The molecule has 0 unspecified atom stereocenters. The van der Waals surface area contributed by atoms with Crippen molar-refractivity contribution < 1.29 is 14.3 Å². The van der Waals surface area contributed by atoms with E-state index in [9.17, 15) is 4.79 Å². The highest BCUT2D eigenvalue weighted by Gasteiger charge is 2.32. The number of imidazole rings is 1. The van der Waals surface area contributed by atoms with Crippen LogP contribution in [0.15, 0.2) is 36.4 Å². The summed E-state index contributed by atoms with van der Waals surface area (Å²) in [5.41, 5.74) is 5.45. The topological polar surface area (TPSA) is 68.6 Å². The molecule has 0 bridgehead atoms. The van der Waals surface area contributed by atoms with Gasteiger partial charge in [-0.3, -0.25) is 4.90 Å². The van der Waals surface area contributed by atoms with E-state index in [0.29, 0.717) is 6.04 Å². The number of nitrogens with zero attached hydrogens (tertiary/aromatic N) is 3. The van der Waals surface area contributed by atoms with Gasteiger partial charge in [0.2, 0.25) is 0 Å². The molecule has 2 aromatic carbocycles. The van der Waals surface area contributed by atoms with E-state index in [4.69, 9.17) is 14.5 Å². The van der Waals surface area contributed by atoms with Crippen molar-refractivity contribution in [2.75, 3.05) is 25.1 Å². The Morgan fingerprint density at radius 3 is 2.71 bits per heavy atom. The summed E-state index contributed by atoms with van der Waals surface area (Å²) in [5, 5.41) is 3.49. The van der Waals surface area contributed by atoms with Gasteiger partial charge in [-0.25, -0.2) is 9.78 Å². The number of anilines is 1. The number of hydrogen-bond donors (Lipinski definition) is 1. The van der Waals surface area contributed by atoms with Gasteiger partial charge in [-0.1, -0.05) is 12.1 Å². The quantitative estimate of drug-likeness (QED) is 0.545. The van der Waals surface area contributed by atoms with Crippen LogP contribution in [0.5, 0.6) is 5.75 Å². The number of carbonyl (C=O) groups is 1. The number of fused-ring (bicyclic) bond motifs is 3. The number of ether oxygens (including phenoxy) is 2. The molecule has 7 heteroatoms. The Morgan fingerprint density at radius 1 is 1.17 bits per heavy atom. The monoisotopic (exact) mass is 476 g/mol. The summed E-state index contributed by atoms with van der Waals surface area (Å²) in [6.07, 6.45) is 4.52. The third-order valence-corrected chi connectivity index (χ3v) is 7.21. The van der Waals surface area contributed by atoms with Crippen LogP contribution in [0.3, 0.4) is 0 Å². The smallest absolute Gasteiger partial charge is 0.414 e. The fourth-order valence-corrected chi connectivity index (χ4v) is 5.60. The summed E-state index contributed by atoms with van der Waals surface area (Å²) in [7, 11) is 1.45. The molecule has 1 aromatic heterocycles. The van der Waals surface area contributed by atoms with Gasteiger partial charge < -0.3 is 19.4 Å². The molecule has 7 nitrogen and oxygen atoms in total. The average molecular weight is 477 g/mol. The lowest BCUT2D eigenvalue weighted by atomic mass is 9.95. The van der Waals surface area contributed by atoms with Crippen LogP contribution >= 0.6 is 0 Å². The van der Waals surface area contributed by atoms with Crippen LogP contribution in [0.25, 0.3) is 11.0 Å². The van der Waals surface area contributed by atoms with E-state index in [1.165, 1.54) is 18.2 Å². The standard InChI is InChI=1S/C28H36N4O3/c1-18(2)35-22-7-5-6-20(16-22)17-26-30-27-23-9-8-19(3)31(28(33)34-4)24(23)10-11-25(27)32(26)21-12-14-29-15-13-21/h5-7,10-11,16,18-19,21,29H,8-9,12-15,17H2,1-4H3/t19-/m0/s1. The lowest BCUT2D eigenvalue weighted by Gasteiger charge is -2.34. The van der Waals surface area contributed by atoms with Crippen molar-refractivity contribution in [3.63, 3.8) is 0 Å². The van der Waals surface area contributed by atoms with Crippen molar-refractivity contribution in [1.82, 2.24) is 14.9 Å². The molecule has 186 valence electrons. The van der Waals surface area contributed by atoms with Crippen molar-refractivity contribution in [1.29, 1.82) is 0 Å². The maximum Gasteiger partial charge on any atom is 0.414 e. The number of methoxy groups -OCH3 is 1. The van der Waals surface area contributed by atoms with Crippen molar-refractivity contribution in [2.45, 2.75) is 71.1 Å².